The first-order chi connectivity index (χ1) is 13.8. The van der Waals surface area contributed by atoms with Gasteiger partial charge in [0.1, 0.15) is 5.76 Å². The van der Waals surface area contributed by atoms with Gasteiger partial charge in [-0.15, -0.1) is 0 Å². The molecule has 2 aliphatic carbocycles. The molecule has 0 aromatic carbocycles. The molecular formula is C22H33N3O2S. The second-order valence-electron chi connectivity index (χ2n) is 9.15. The third-order valence-electron chi connectivity index (χ3n) is 7.17. The van der Waals surface area contributed by atoms with Crippen LogP contribution < -0.4 is 10.6 Å². The van der Waals surface area contributed by atoms with Gasteiger partial charge in [-0.2, -0.15) is 11.8 Å². The van der Waals surface area contributed by atoms with E-state index in [1.165, 1.54) is 37.9 Å². The van der Waals surface area contributed by atoms with Gasteiger partial charge in [0.05, 0.1) is 11.9 Å². The van der Waals surface area contributed by atoms with Crippen molar-refractivity contribution in [1.82, 2.24) is 10.6 Å². The van der Waals surface area contributed by atoms with Crippen LogP contribution in [-0.4, -0.2) is 48.3 Å². The first-order valence-corrected chi connectivity index (χ1v) is 12.3. The molecule has 0 radical (unpaired) electrons. The predicted molar refractivity (Wildman–Crippen MR) is 114 cm³/mol. The van der Waals surface area contributed by atoms with Crippen molar-refractivity contribution < 1.29 is 9.15 Å². The van der Waals surface area contributed by atoms with Crippen LogP contribution in [0.3, 0.4) is 0 Å². The molecule has 5 rings (SSSR count). The smallest absolute Gasteiger partial charge is 0.191 e. The fraction of sp³-hybridized carbons (Fsp3) is 0.773. The molecule has 3 heterocycles. The Hall–Kier alpha value is -1.14. The summed E-state index contributed by atoms with van der Waals surface area (Å²) in [6, 6.07) is 5.05. The SMILES string of the molecule is c1coc(CCN=C(NC2CCOC3(CCSC3)C2)NC2CC3CCC2C3)c1. The summed E-state index contributed by atoms with van der Waals surface area (Å²) in [7, 11) is 0. The molecule has 154 valence electrons. The average Bonchev–Trinajstić information content (AvgIpc) is 3.48. The zero-order chi connectivity index (χ0) is 18.8. The van der Waals surface area contributed by atoms with Crippen LogP contribution in [0.4, 0.5) is 0 Å². The maximum atomic E-state index is 6.21. The van der Waals surface area contributed by atoms with Gasteiger partial charge in [0.2, 0.25) is 0 Å². The fourth-order valence-corrected chi connectivity index (χ4v) is 7.05. The molecule has 1 aromatic heterocycles. The quantitative estimate of drug-likeness (QED) is 0.581. The minimum absolute atomic E-state index is 0.103. The minimum Gasteiger partial charge on any atom is -0.469 e. The van der Waals surface area contributed by atoms with Crippen LogP contribution >= 0.6 is 11.8 Å². The molecule has 28 heavy (non-hydrogen) atoms. The molecule has 2 bridgehead atoms. The molecule has 1 spiro atoms. The fourth-order valence-electron chi connectivity index (χ4n) is 5.67. The van der Waals surface area contributed by atoms with Crippen molar-refractivity contribution in [3.63, 3.8) is 0 Å². The van der Waals surface area contributed by atoms with Crippen LogP contribution in [0.15, 0.2) is 27.8 Å². The second kappa shape index (κ2) is 8.31. The van der Waals surface area contributed by atoms with Gasteiger partial charge in [0, 0.05) is 37.4 Å². The van der Waals surface area contributed by atoms with Gasteiger partial charge in [-0.05, 0) is 68.2 Å². The van der Waals surface area contributed by atoms with Crippen LogP contribution in [0.2, 0.25) is 0 Å². The number of hydrogen-bond donors (Lipinski definition) is 2. The van der Waals surface area contributed by atoms with Gasteiger partial charge in [-0.3, -0.25) is 4.99 Å². The Morgan fingerprint density at radius 1 is 1.25 bits per heavy atom. The summed E-state index contributed by atoms with van der Waals surface area (Å²) in [4.78, 5) is 4.94. The van der Waals surface area contributed by atoms with Crippen LogP contribution in [0.25, 0.3) is 0 Å². The number of guanidine groups is 1. The molecular weight excluding hydrogens is 370 g/mol. The number of aliphatic imine (C=N–C) groups is 1. The van der Waals surface area contributed by atoms with Crippen molar-refractivity contribution in [3.05, 3.63) is 24.2 Å². The molecule has 4 fully saturated rings. The Bertz CT molecular complexity index is 671. The van der Waals surface area contributed by atoms with Crippen LogP contribution in [0, 0.1) is 11.8 Å². The lowest BCUT2D eigenvalue weighted by Gasteiger charge is -2.39. The molecule has 1 aromatic rings. The molecule has 5 atom stereocenters. The summed E-state index contributed by atoms with van der Waals surface area (Å²) < 4.78 is 11.7. The van der Waals surface area contributed by atoms with Crippen molar-refractivity contribution >= 4 is 17.7 Å². The Morgan fingerprint density at radius 2 is 2.25 bits per heavy atom. The minimum atomic E-state index is 0.103. The zero-order valence-corrected chi connectivity index (χ0v) is 17.5. The van der Waals surface area contributed by atoms with E-state index in [0.717, 1.165) is 61.7 Å². The van der Waals surface area contributed by atoms with Gasteiger partial charge in [-0.1, -0.05) is 6.42 Å². The van der Waals surface area contributed by atoms with E-state index >= 15 is 0 Å². The highest BCUT2D eigenvalue weighted by molar-refractivity contribution is 7.99. The van der Waals surface area contributed by atoms with Crippen LogP contribution in [-0.2, 0) is 11.2 Å². The van der Waals surface area contributed by atoms with E-state index in [1.807, 2.05) is 23.9 Å². The van der Waals surface area contributed by atoms with E-state index in [4.69, 9.17) is 14.1 Å². The number of nitrogens with one attached hydrogen (secondary N) is 2. The van der Waals surface area contributed by atoms with Crippen molar-refractivity contribution in [2.24, 2.45) is 16.8 Å². The van der Waals surface area contributed by atoms with Gasteiger partial charge in [0.15, 0.2) is 5.96 Å². The number of thioether (sulfide) groups is 1. The van der Waals surface area contributed by atoms with Gasteiger partial charge >= 0.3 is 0 Å². The van der Waals surface area contributed by atoms with Crippen LogP contribution in [0.5, 0.6) is 0 Å². The summed E-state index contributed by atoms with van der Waals surface area (Å²) in [6.45, 7) is 1.62. The molecule has 5 unspecified atom stereocenters. The number of hydrogen-bond acceptors (Lipinski definition) is 4. The standard InChI is InChI=1S/C22H33N3O2S/c1-2-19(26-9-1)5-8-23-21(25-20-13-16-3-4-17(20)12-16)24-18-6-10-27-22(14-18)7-11-28-15-22/h1-2,9,16-18,20H,3-8,10-15H2,(H2,23,24,25). The van der Waals surface area contributed by atoms with Gasteiger partial charge in [0.25, 0.3) is 0 Å². The molecule has 0 amide bonds. The van der Waals surface area contributed by atoms with Gasteiger partial charge < -0.3 is 19.8 Å². The topological polar surface area (TPSA) is 58.8 Å². The van der Waals surface area contributed by atoms with Crippen molar-refractivity contribution in [2.75, 3.05) is 24.7 Å². The molecule has 2 saturated heterocycles. The first kappa shape index (κ1) is 18.9. The van der Waals surface area contributed by atoms with Crippen molar-refractivity contribution in [2.45, 2.75) is 69.1 Å². The third-order valence-corrected chi connectivity index (χ3v) is 8.39. The Kier molecular flexibility index (Phi) is 5.60. The highest BCUT2D eigenvalue weighted by atomic mass is 32.2. The maximum absolute atomic E-state index is 6.21. The summed E-state index contributed by atoms with van der Waals surface area (Å²) in [6.07, 6.45) is 11.5. The number of nitrogens with zero attached hydrogens (tertiary/aromatic N) is 1. The summed E-state index contributed by atoms with van der Waals surface area (Å²) >= 11 is 2.04. The Morgan fingerprint density at radius 3 is 3.00 bits per heavy atom. The number of ether oxygens (including phenoxy) is 1. The van der Waals surface area contributed by atoms with Crippen molar-refractivity contribution in [3.8, 4) is 0 Å². The number of fused-ring (bicyclic) bond motifs is 2. The summed E-state index contributed by atoms with van der Waals surface area (Å²) in [5.41, 5.74) is 0.103. The highest BCUT2D eigenvalue weighted by Crippen LogP contribution is 2.44. The second-order valence-corrected chi connectivity index (χ2v) is 10.3. The van der Waals surface area contributed by atoms with E-state index in [2.05, 4.69) is 10.6 Å². The van der Waals surface area contributed by atoms with Crippen molar-refractivity contribution in [1.29, 1.82) is 0 Å². The molecule has 6 heteroatoms. The van der Waals surface area contributed by atoms with E-state index < -0.39 is 0 Å². The lowest BCUT2D eigenvalue weighted by Crippen LogP contribution is -2.53. The maximum Gasteiger partial charge on any atom is 0.191 e. The first-order valence-electron chi connectivity index (χ1n) is 11.1. The average molecular weight is 404 g/mol. The Labute approximate surface area is 172 Å². The zero-order valence-electron chi connectivity index (χ0n) is 16.7. The van der Waals surface area contributed by atoms with E-state index in [1.54, 1.807) is 6.26 Å². The molecule has 5 nitrogen and oxygen atoms in total. The van der Waals surface area contributed by atoms with Gasteiger partial charge in [-0.25, -0.2) is 0 Å². The summed E-state index contributed by atoms with van der Waals surface area (Å²) in [5.74, 6) is 6.19. The van der Waals surface area contributed by atoms with E-state index in [9.17, 15) is 0 Å². The van der Waals surface area contributed by atoms with E-state index in [-0.39, 0.29) is 5.60 Å². The largest absolute Gasteiger partial charge is 0.469 e. The number of furan rings is 1. The molecule has 2 aliphatic heterocycles. The van der Waals surface area contributed by atoms with E-state index in [0.29, 0.717) is 12.1 Å². The predicted octanol–water partition coefficient (Wildman–Crippen LogP) is 3.60. The monoisotopic (exact) mass is 403 g/mol. The molecule has 2 saturated carbocycles. The molecule has 2 N–H and O–H groups in total. The molecule has 4 aliphatic rings. The highest BCUT2D eigenvalue weighted by Gasteiger charge is 2.42. The third kappa shape index (κ3) is 4.23. The normalized spacial score (nSPS) is 37.6. The number of rotatable bonds is 5. The summed E-state index contributed by atoms with van der Waals surface area (Å²) in [5, 5.41) is 7.61. The lowest BCUT2D eigenvalue weighted by molar-refractivity contribution is -0.0679. The van der Waals surface area contributed by atoms with Crippen LogP contribution in [0.1, 0.15) is 50.7 Å². The Balaban J connectivity index is 1.23. The lowest BCUT2D eigenvalue weighted by atomic mass is 9.90.